The van der Waals surface area contributed by atoms with Crippen molar-refractivity contribution in [3.8, 4) is 0 Å². The molecule has 2 N–H and O–H groups in total. The molecule has 1 spiro atoms. The average molecular weight is 237 g/mol. The lowest BCUT2D eigenvalue weighted by atomic mass is 9.98. The van der Waals surface area contributed by atoms with Gasteiger partial charge in [-0.3, -0.25) is 9.69 Å². The normalized spacial score (nSPS) is 31.5. The molecule has 17 heavy (non-hydrogen) atoms. The van der Waals surface area contributed by atoms with Gasteiger partial charge in [-0.25, -0.2) is 4.79 Å². The lowest BCUT2D eigenvalue weighted by molar-refractivity contribution is -0.131. The van der Waals surface area contributed by atoms with Crippen molar-refractivity contribution in [2.45, 2.75) is 50.1 Å². The van der Waals surface area contributed by atoms with Gasteiger partial charge in [-0.2, -0.15) is 0 Å². The van der Waals surface area contributed by atoms with Gasteiger partial charge in [-0.05, 0) is 32.2 Å². The first kappa shape index (κ1) is 11.0. The summed E-state index contributed by atoms with van der Waals surface area (Å²) in [5.41, 5.74) is -0.546. The third kappa shape index (κ3) is 1.73. The Morgan fingerprint density at radius 3 is 2.65 bits per heavy atom. The summed E-state index contributed by atoms with van der Waals surface area (Å²) in [6.45, 7) is 1.53. The standard InChI is InChI=1S/C12H19N3O2/c16-10-12(5-1-2-6-12)14-11(17)15(10)8-9-4-3-7-13-9/h9,13H,1-8H2,(H,14,17)/t9-/m0/s1. The summed E-state index contributed by atoms with van der Waals surface area (Å²) in [7, 11) is 0. The van der Waals surface area contributed by atoms with Crippen LogP contribution in [-0.4, -0.2) is 41.5 Å². The van der Waals surface area contributed by atoms with Gasteiger partial charge in [0.15, 0.2) is 0 Å². The first-order valence-electron chi connectivity index (χ1n) is 6.59. The molecule has 0 radical (unpaired) electrons. The van der Waals surface area contributed by atoms with Gasteiger partial charge in [0.05, 0.1) is 0 Å². The van der Waals surface area contributed by atoms with E-state index in [4.69, 9.17) is 0 Å². The number of hydrogen-bond acceptors (Lipinski definition) is 3. The maximum Gasteiger partial charge on any atom is 0.325 e. The summed E-state index contributed by atoms with van der Waals surface area (Å²) in [4.78, 5) is 25.7. The summed E-state index contributed by atoms with van der Waals surface area (Å²) in [5.74, 6) is 0.00806. The molecule has 0 aromatic rings. The number of nitrogens with zero attached hydrogens (tertiary/aromatic N) is 1. The zero-order valence-electron chi connectivity index (χ0n) is 10.00. The molecule has 3 aliphatic rings. The molecule has 5 nitrogen and oxygen atoms in total. The summed E-state index contributed by atoms with van der Waals surface area (Å²) in [6, 6.07) is 0.104. The molecule has 2 aliphatic heterocycles. The van der Waals surface area contributed by atoms with Crippen LogP contribution in [0.3, 0.4) is 0 Å². The third-order valence-electron chi connectivity index (χ3n) is 4.27. The molecule has 0 aromatic carbocycles. The van der Waals surface area contributed by atoms with Crippen LogP contribution >= 0.6 is 0 Å². The van der Waals surface area contributed by atoms with Crippen molar-refractivity contribution in [3.63, 3.8) is 0 Å². The van der Waals surface area contributed by atoms with Gasteiger partial charge >= 0.3 is 6.03 Å². The lowest BCUT2D eigenvalue weighted by Crippen LogP contribution is -2.45. The Hall–Kier alpha value is -1.10. The molecule has 1 saturated carbocycles. The number of urea groups is 1. The van der Waals surface area contributed by atoms with Crippen LogP contribution in [0.2, 0.25) is 0 Å². The van der Waals surface area contributed by atoms with Gasteiger partial charge in [0.1, 0.15) is 5.54 Å². The quantitative estimate of drug-likeness (QED) is 0.691. The van der Waals surface area contributed by atoms with Gasteiger partial charge in [-0.15, -0.1) is 0 Å². The Morgan fingerprint density at radius 2 is 2.00 bits per heavy atom. The lowest BCUT2D eigenvalue weighted by Gasteiger charge is -2.21. The van der Waals surface area contributed by atoms with Crippen LogP contribution in [0.4, 0.5) is 4.79 Å². The third-order valence-corrected chi connectivity index (χ3v) is 4.27. The van der Waals surface area contributed by atoms with Crippen LogP contribution in [0.5, 0.6) is 0 Å². The second-order valence-electron chi connectivity index (χ2n) is 5.43. The second kappa shape index (κ2) is 3.98. The van der Waals surface area contributed by atoms with Crippen LogP contribution < -0.4 is 10.6 Å². The fourth-order valence-electron chi connectivity index (χ4n) is 3.29. The van der Waals surface area contributed by atoms with Crippen molar-refractivity contribution in [1.82, 2.24) is 15.5 Å². The van der Waals surface area contributed by atoms with Crippen molar-refractivity contribution < 1.29 is 9.59 Å². The van der Waals surface area contributed by atoms with Crippen molar-refractivity contribution >= 4 is 11.9 Å². The second-order valence-corrected chi connectivity index (χ2v) is 5.43. The fraction of sp³-hybridized carbons (Fsp3) is 0.833. The number of nitrogens with one attached hydrogen (secondary N) is 2. The fourth-order valence-corrected chi connectivity index (χ4v) is 3.29. The highest BCUT2D eigenvalue weighted by atomic mass is 16.2. The first-order valence-corrected chi connectivity index (χ1v) is 6.59. The van der Waals surface area contributed by atoms with Gasteiger partial charge in [0.2, 0.25) is 0 Å². The minimum absolute atomic E-state index is 0.00806. The monoisotopic (exact) mass is 237 g/mol. The Labute approximate surface area is 101 Å². The highest BCUT2D eigenvalue weighted by molar-refractivity contribution is 6.07. The summed E-state index contributed by atoms with van der Waals surface area (Å²) >= 11 is 0. The molecule has 94 valence electrons. The van der Waals surface area contributed by atoms with E-state index in [1.807, 2.05) is 0 Å². The number of rotatable bonds is 2. The first-order chi connectivity index (χ1) is 8.21. The Balaban J connectivity index is 1.72. The van der Waals surface area contributed by atoms with E-state index in [2.05, 4.69) is 10.6 Å². The van der Waals surface area contributed by atoms with E-state index in [1.54, 1.807) is 0 Å². The molecule has 0 bridgehead atoms. The molecule has 2 heterocycles. The zero-order chi connectivity index (χ0) is 11.9. The number of hydrogen-bond donors (Lipinski definition) is 2. The minimum Gasteiger partial charge on any atom is -0.323 e. The minimum atomic E-state index is -0.546. The van der Waals surface area contributed by atoms with E-state index in [9.17, 15) is 9.59 Å². The molecule has 2 saturated heterocycles. The number of amides is 3. The molecule has 3 rings (SSSR count). The maximum atomic E-state index is 12.3. The highest BCUT2D eigenvalue weighted by Crippen LogP contribution is 2.35. The van der Waals surface area contributed by atoms with Crippen molar-refractivity contribution in [1.29, 1.82) is 0 Å². The zero-order valence-corrected chi connectivity index (χ0v) is 10.00. The molecule has 3 fully saturated rings. The molecular weight excluding hydrogens is 218 g/mol. The molecule has 0 unspecified atom stereocenters. The van der Waals surface area contributed by atoms with Crippen molar-refractivity contribution in [2.24, 2.45) is 0 Å². The van der Waals surface area contributed by atoms with Crippen molar-refractivity contribution in [3.05, 3.63) is 0 Å². The Bertz CT molecular complexity index is 344. The molecule has 0 aromatic heterocycles. The van der Waals surface area contributed by atoms with Gasteiger partial charge < -0.3 is 10.6 Å². The smallest absolute Gasteiger partial charge is 0.323 e. The Kier molecular flexibility index (Phi) is 2.58. The SMILES string of the molecule is O=C1NC2(CCCC2)C(=O)N1C[C@@H]1CCCN1. The van der Waals surface area contributed by atoms with E-state index in [0.29, 0.717) is 12.6 Å². The number of carbonyl (C=O) groups excluding carboxylic acids is 2. The van der Waals surface area contributed by atoms with Gasteiger partial charge in [0.25, 0.3) is 5.91 Å². The highest BCUT2D eigenvalue weighted by Gasteiger charge is 2.52. The van der Waals surface area contributed by atoms with E-state index < -0.39 is 5.54 Å². The number of imide groups is 1. The molecular formula is C12H19N3O2. The maximum absolute atomic E-state index is 12.3. The molecule has 5 heteroatoms. The summed E-state index contributed by atoms with van der Waals surface area (Å²) in [6.07, 6.45) is 5.91. The summed E-state index contributed by atoms with van der Waals surface area (Å²) < 4.78 is 0. The largest absolute Gasteiger partial charge is 0.325 e. The van der Waals surface area contributed by atoms with E-state index in [1.165, 1.54) is 4.90 Å². The van der Waals surface area contributed by atoms with Crippen LogP contribution in [0.15, 0.2) is 0 Å². The predicted molar refractivity (Wildman–Crippen MR) is 62.5 cm³/mol. The topological polar surface area (TPSA) is 61.4 Å². The molecule has 3 amide bonds. The van der Waals surface area contributed by atoms with Gasteiger partial charge in [-0.1, -0.05) is 12.8 Å². The average Bonchev–Trinajstić information content (AvgIpc) is 2.99. The van der Waals surface area contributed by atoms with Crippen LogP contribution in [0.25, 0.3) is 0 Å². The van der Waals surface area contributed by atoms with Gasteiger partial charge in [0, 0.05) is 12.6 Å². The van der Waals surface area contributed by atoms with Crippen molar-refractivity contribution in [2.75, 3.05) is 13.1 Å². The van der Waals surface area contributed by atoms with E-state index >= 15 is 0 Å². The van der Waals surface area contributed by atoms with Crippen LogP contribution in [0, 0.1) is 0 Å². The van der Waals surface area contributed by atoms with E-state index in [-0.39, 0.29) is 11.9 Å². The van der Waals surface area contributed by atoms with Crippen LogP contribution in [-0.2, 0) is 4.79 Å². The Morgan fingerprint density at radius 1 is 1.24 bits per heavy atom. The number of carbonyl (C=O) groups is 2. The van der Waals surface area contributed by atoms with Crippen LogP contribution in [0.1, 0.15) is 38.5 Å². The summed E-state index contributed by atoms with van der Waals surface area (Å²) in [5, 5.41) is 6.24. The predicted octanol–water partition coefficient (Wildman–Crippen LogP) is 0.603. The molecule has 1 aliphatic carbocycles. The van der Waals surface area contributed by atoms with E-state index in [0.717, 1.165) is 45.1 Å². The molecule has 1 atom stereocenters.